The molecule has 2 amide bonds. The number of nitrogens with two attached hydrogens (primary N) is 1. The Balaban J connectivity index is 1.64. The predicted octanol–water partition coefficient (Wildman–Crippen LogP) is 3.26. The normalized spacial score (nSPS) is 10.5. The van der Waals surface area contributed by atoms with Crippen molar-refractivity contribution in [2.45, 2.75) is 25.9 Å². The van der Waals surface area contributed by atoms with Gasteiger partial charge in [0.15, 0.2) is 11.0 Å². The molecular weight excluding hydrogens is 414 g/mol. The molecule has 0 saturated carbocycles. The van der Waals surface area contributed by atoms with Crippen molar-refractivity contribution in [1.29, 1.82) is 0 Å². The van der Waals surface area contributed by atoms with Crippen molar-refractivity contribution < 1.29 is 9.59 Å². The Morgan fingerprint density at radius 2 is 1.71 bits per heavy atom. The third kappa shape index (κ3) is 5.73. The predicted molar refractivity (Wildman–Crippen MR) is 124 cm³/mol. The van der Waals surface area contributed by atoms with E-state index in [2.05, 4.69) is 20.6 Å². The maximum Gasteiger partial charge on any atom is 0.277 e. The van der Waals surface area contributed by atoms with Crippen LogP contribution in [-0.2, 0) is 4.79 Å². The molecule has 3 rings (SSSR count). The van der Waals surface area contributed by atoms with Crippen LogP contribution < -0.4 is 21.9 Å². The van der Waals surface area contributed by atoms with E-state index in [1.165, 1.54) is 0 Å². The molecule has 31 heavy (non-hydrogen) atoms. The topological polar surface area (TPSA) is 130 Å². The summed E-state index contributed by atoms with van der Waals surface area (Å²) in [5.41, 5.74) is 9.36. The summed E-state index contributed by atoms with van der Waals surface area (Å²) in [6.45, 7) is 5.81. The number of nitrogens with one attached hydrogen (secondary N) is 3. The Bertz CT molecular complexity index is 1190. The summed E-state index contributed by atoms with van der Waals surface area (Å²) in [4.78, 5) is 43.6. The Kier molecular flexibility index (Phi) is 6.76. The summed E-state index contributed by atoms with van der Waals surface area (Å²) < 4.78 is 0. The van der Waals surface area contributed by atoms with Gasteiger partial charge in [-0.25, -0.2) is 4.98 Å². The molecule has 160 valence electrons. The lowest BCUT2D eigenvalue weighted by Crippen LogP contribution is -2.23. The van der Waals surface area contributed by atoms with E-state index in [-0.39, 0.29) is 28.3 Å². The second-order valence-electron chi connectivity index (χ2n) is 7.11. The molecule has 0 saturated heterocycles. The SMILES string of the molecule is Cc1ccc(C(=O)Nc2c(N)nc(SCC(=O)Nc3ccc(C)cc3C)[nH]c2=O)cc1. The third-order valence-corrected chi connectivity index (χ3v) is 5.35. The highest BCUT2D eigenvalue weighted by molar-refractivity contribution is 7.99. The molecule has 1 aromatic heterocycles. The van der Waals surface area contributed by atoms with Crippen LogP contribution in [0, 0.1) is 20.8 Å². The number of hydrogen-bond donors (Lipinski definition) is 4. The van der Waals surface area contributed by atoms with Crippen LogP contribution in [0.2, 0.25) is 0 Å². The Morgan fingerprint density at radius 3 is 2.35 bits per heavy atom. The average molecular weight is 438 g/mol. The number of H-pyrrole nitrogens is 1. The first kappa shape index (κ1) is 22.1. The first-order valence-corrected chi connectivity index (χ1v) is 10.5. The van der Waals surface area contributed by atoms with Crippen LogP contribution in [0.1, 0.15) is 27.0 Å². The number of carbonyl (C=O) groups excluding carboxylic acids is 2. The van der Waals surface area contributed by atoms with E-state index in [1.54, 1.807) is 24.3 Å². The zero-order valence-electron chi connectivity index (χ0n) is 17.4. The molecule has 0 radical (unpaired) electrons. The van der Waals surface area contributed by atoms with Crippen LogP contribution in [0.5, 0.6) is 0 Å². The van der Waals surface area contributed by atoms with Crippen molar-refractivity contribution >= 4 is 40.8 Å². The summed E-state index contributed by atoms with van der Waals surface area (Å²) in [6.07, 6.45) is 0. The standard InChI is InChI=1S/C22H23N5O3S/c1-12-4-7-15(8-5-12)20(29)25-18-19(23)26-22(27-21(18)30)31-11-17(28)24-16-9-6-13(2)10-14(16)3/h4-10H,11H2,1-3H3,(H,24,28)(H,25,29)(H3,23,26,27,30). The first-order valence-electron chi connectivity index (χ1n) is 9.50. The highest BCUT2D eigenvalue weighted by Gasteiger charge is 2.15. The lowest BCUT2D eigenvalue weighted by atomic mass is 10.1. The second kappa shape index (κ2) is 9.48. The number of aromatic amines is 1. The van der Waals surface area contributed by atoms with Gasteiger partial charge in [0.05, 0.1) is 5.75 Å². The summed E-state index contributed by atoms with van der Waals surface area (Å²) in [5, 5.41) is 5.51. The molecule has 5 N–H and O–H groups in total. The van der Waals surface area contributed by atoms with Crippen molar-refractivity contribution in [3.05, 3.63) is 75.1 Å². The zero-order valence-corrected chi connectivity index (χ0v) is 18.2. The van der Waals surface area contributed by atoms with Crippen molar-refractivity contribution in [2.75, 3.05) is 22.1 Å². The Labute approximate surface area is 183 Å². The van der Waals surface area contributed by atoms with Gasteiger partial charge in [0.1, 0.15) is 5.69 Å². The van der Waals surface area contributed by atoms with E-state index in [1.807, 2.05) is 39.0 Å². The summed E-state index contributed by atoms with van der Waals surface area (Å²) in [5.74, 6) is -0.797. The minimum atomic E-state index is -0.592. The summed E-state index contributed by atoms with van der Waals surface area (Å²) >= 11 is 1.04. The molecule has 9 heteroatoms. The molecule has 0 fully saturated rings. The van der Waals surface area contributed by atoms with Crippen LogP contribution in [-0.4, -0.2) is 27.5 Å². The monoisotopic (exact) mass is 437 g/mol. The second-order valence-corrected chi connectivity index (χ2v) is 8.07. The fraction of sp³-hybridized carbons (Fsp3) is 0.182. The molecule has 0 bridgehead atoms. The van der Waals surface area contributed by atoms with Gasteiger partial charge in [0, 0.05) is 11.3 Å². The van der Waals surface area contributed by atoms with E-state index < -0.39 is 11.5 Å². The summed E-state index contributed by atoms with van der Waals surface area (Å²) in [6, 6.07) is 12.6. The van der Waals surface area contributed by atoms with Crippen molar-refractivity contribution in [3.8, 4) is 0 Å². The number of carbonyl (C=O) groups is 2. The maximum atomic E-state index is 12.4. The third-order valence-electron chi connectivity index (χ3n) is 4.47. The van der Waals surface area contributed by atoms with Gasteiger partial charge in [0.25, 0.3) is 11.5 Å². The van der Waals surface area contributed by atoms with Gasteiger partial charge in [-0.1, -0.05) is 47.2 Å². The quantitative estimate of drug-likeness (QED) is 0.346. The van der Waals surface area contributed by atoms with Crippen molar-refractivity contribution in [3.63, 3.8) is 0 Å². The number of aryl methyl sites for hydroxylation is 3. The molecule has 0 aliphatic carbocycles. The molecule has 2 aromatic carbocycles. The number of nitrogen functional groups attached to an aromatic ring is 1. The number of anilines is 3. The molecule has 0 aliphatic rings. The van der Waals surface area contributed by atoms with Crippen LogP contribution in [0.25, 0.3) is 0 Å². The number of aromatic nitrogens is 2. The first-order chi connectivity index (χ1) is 14.7. The number of benzene rings is 2. The summed E-state index contributed by atoms with van der Waals surface area (Å²) in [7, 11) is 0. The van der Waals surface area contributed by atoms with Crippen LogP contribution in [0.15, 0.2) is 52.4 Å². The van der Waals surface area contributed by atoms with E-state index in [0.717, 1.165) is 34.1 Å². The van der Waals surface area contributed by atoms with E-state index in [4.69, 9.17) is 5.73 Å². The van der Waals surface area contributed by atoms with E-state index in [0.29, 0.717) is 5.56 Å². The smallest absolute Gasteiger partial charge is 0.277 e. The van der Waals surface area contributed by atoms with E-state index >= 15 is 0 Å². The molecule has 0 unspecified atom stereocenters. The highest BCUT2D eigenvalue weighted by atomic mass is 32.2. The van der Waals surface area contributed by atoms with Gasteiger partial charge < -0.3 is 16.4 Å². The maximum absolute atomic E-state index is 12.4. The minimum absolute atomic E-state index is 0.0325. The molecule has 0 atom stereocenters. The number of thioether (sulfide) groups is 1. The van der Waals surface area contributed by atoms with Gasteiger partial charge in [-0.2, -0.15) is 0 Å². The Hall–Kier alpha value is -3.59. The van der Waals surface area contributed by atoms with Gasteiger partial charge >= 0.3 is 0 Å². The molecular formula is C22H23N5O3S. The molecule has 1 heterocycles. The van der Waals surface area contributed by atoms with Crippen molar-refractivity contribution in [1.82, 2.24) is 9.97 Å². The van der Waals surface area contributed by atoms with Crippen LogP contribution >= 0.6 is 11.8 Å². The van der Waals surface area contributed by atoms with Crippen molar-refractivity contribution in [2.24, 2.45) is 0 Å². The number of amides is 2. The molecule has 0 spiro atoms. The zero-order chi connectivity index (χ0) is 22.5. The van der Waals surface area contributed by atoms with Gasteiger partial charge in [0.2, 0.25) is 5.91 Å². The van der Waals surface area contributed by atoms with Gasteiger partial charge in [-0.15, -0.1) is 0 Å². The molecule has 0 aliphatic heterocycles. The fourth-order valence-electron chi connectivity index (χ4n) is 2.82. The lowest BCUT2D eigenvalue weighted by Gasteiger charge is -2.10. The van der Waals surface area contributed by atoms with Crippen LogP contribution in [0.3, 0.4) is 0 Å². The highest BCUT2D eigenvalue weighted by Crippen LogP contribution is 2.19. The van der Waals surface area contributed by atoms with Crippen LogP contribution in [0.4, 0.5) is 17.2 Å². The molecule has 8 nitrogen and oxygen atoms in total. The lowest BCUT2D eigenvalue weighted by molar-refractivity contribution is -0.113. The van der Waals surface area contributed by atoms with E-state index in [9.17, 15) is 14.4 Å². The largest absolute Gasteiger partial charge is 0.382 e. The van der Waals surface area contributed by atoms with Gasteiger partial charge in [-0.05, 0) is 44.5 Å². The van der Waals surface area contributed by atoms with Gasteiger partial charge in [-0.3, -0.25) is 19.4 Å². The average Bonchev–Trinajstić information content (AvgIpc) is 2.71. The Morgan fingerprint density at radius 1 is 1.03 bits per heavy atom. The molecule has 3 aromatic rings. The number of nitrogens with zero attached hydrogens (tertiary/aromatic N) is 1. The number of hydrogen-bond acceptors (Lipinski definition) is 6. The fourth-order valence-corrected chi connectivity index (χ4v) is 3.49. The minimum Gasteiger partial charge on any atom is -0.382 e. The number of rotatable bonds is 6.